The Balaban J connectivity index is 2.25. The molecule has 0 spiro atoms. The highest BCUT2D eigenvalue weighted by molar-refractivity contribution is 7.46. The first kappa shape index (κ1) is 40.2. The normalized spacial score (nSPS) is 19.5. The minimum atomic E-state index is -5.09. The van der Waals surface area contributed by atoms with Gasteiger partial charge in [-0.2, -0.15) is 0 Å². The van der Waals surface area contributed by atoms with Gasteiger partial charge in [-0.3, -0.25) is 38.1 Å². The van der Waals surface area contributed by atoms with E-state index in [1.54, 1.807) is 13.8 Å². The molecule has 2 heterocycles. The number of aliphatic hydroxyl groups is 1. The number of aromatic amines is 1. The van der Waals surface area contributed by atoms with Crippen LogP contribution < -0.4 is 32.9 Å². The quantitative estimate of drug-likeness (QED) is 0.0512. The first-order chi connectivity index (χ1) is 22.4. The van der Waals surface area contributed by atoms with E-state index in [1.165, 1.54) is 24.3 Å². The molecule has 0 saturated carbocycles. The van der Waals surface area contributed by atoms with Gasteiger partial charge in [0.05, 0.1) is 25.1 Å². The van der Waals surface area contributed by atoms with Crippen molar-refractivity contribution in [1.82, 2.24) is 36.1 Å². The van der Waals surface area contributed by atoms with E-state index in [-0.39, 0.29) is 31.7 Å². The molecule has 1 saturated heterocycles. The third-order valence-electron chi connectivity index (χ3n) is 7.31. The van der Waals surface area contributed by atoms with Crippen LogP contribution in [0.5, 0.6) is 0 Å². The highest BCUT2D eigenvalue weighted by Crippen LogP contribution is 2.38. The van der Waals surface area contributed by atoms with Crippen LogP contribution in [0.15, 0.2) is 12.5 Å². The van der Waals surface area contributed by atoms with Crippen molar-refractivity contribution in [3.8, 4) is 0 Å². The fraction of sp³-hybridized carbons (Fsp3) is 0.654. The molecule has 1 aromatic rings. The number of phosphoric ester groups is 1. The summed E-state index contributed by atoms with van der Waals surface area (Å²) in [4.78, 5) is 108. The summed E-state index contributed by atoms with van der Waals surface area (Å²) in [6, 6.07) is -7.06. The van der Waals surface area contributed by atoms with Crippen molar-refractivity contribution in [3.63, 3.8) is 0 Å². The number of nitrogens with two attached hydrogens (primary N) is 2. The number of carbonyl (C=O) groups excluding carboxylic acids is 6. The third kappa shape index (κ3) is 12.2. The summed E-state index contributed by atoms with van der Waals surface area (Å²) in [5, 5.41) is 19.4. The van der Waals surface area contributed by atoms with Gasteiger partial charge < -0.3 is 51.8 Å². The summed E-state index contributed by atoms with van der Waals surface area (Å²) < 4.78 is 15.6. The van der Waals surface area contributed by atoms with Crippen LogP contribution in [0.4, 0.5) is 0 Å². The average molecular weight is 706 g/mol. The van der Waals surface area contributed by atoms with Crippen molar-refractivity contribution in [3.05, 3.63) is 18.2 Å². The molecule has 1 aliphatic heterocycles. The molecule has 12 N–H and O–H groups in total. The van der Waals surface area contributed by atoms with E-state index in [1.807, 2.05) is 0 Å². The number of imidazole rings is 1. The number of primary amides is 1. The lowest BCUT2D eigenvalue weighted by molar-refractivity contribution is -0.139. The molecule has 0 unspecified atom stereocenters. The van der Waals surface area contributed by atoms with E-state index in [0.29, 0.717) is 5.69 Å². The number of aliphatic hydroxyl groups excluding tert-OH is 1. The second-order valence-corrected chi connectivity index (χ2v) is 12.8. The maximum Gasteiger partial charge on any atom is 0.469 e. The molecule has 0 radical (unpaired) electrons. The maximum absolute atomic E-state index is 13.6. The van der Waals surface area contributed by atoms with Crippen LogP contribution in [0, 0.1) is 5.92 Å². The number of hydrogen-bond donors (Lipinski definition) is 10. The Hall–Kier alpha value is -3.98. The molecular formula is C26H44N9O12P. The fourth-order valence-corrected chi connectivity index (χ4v) is 5.53. The zero-order valence-corrected chi connectivity index (χ0v) is 27.7. The summed E-state index contributed by atoms with van der Waals surface area (Å²) in [5.74, 6) is -0.0378. The number of nitrogens with one attached hydrogen (secondary N) is 5. The van der Waals surface area contributed by atoms with Gasteiger partial charge in [0.1, 0.15) is 30.2 Å². The van der Waals surface area contributed by atoms with E-state index >= 15 is 0 Å². The minimum Gasteiger partial charge on any atom is -0.394 e. The number of amides is 6. The number of nitrogens with zero attached hydrogens (tertiary/aromatic N) is 2. The largest absolute Gasteiger partial charge is 0.469 e. The number of phosphoric acid groups is 1. The number of likely N-dealkylation sites (tertiary alicyclic amines) is 1. The van der Waals surface area contributed by atoms with Crippen LogP contribution in [0.25, 0.3) is 0 Å². The van der Waals surface area contributed by atoms with Gasteiger partial charge in [0.15, 0.2) is 0 Å². The molecule has 21 nitrogen and oxygen atoms in total. The molecule has 0 aliphatic carbocycles. The summed E-state index contributed by atoms with van der Waals surface area (Å²) >= 11 is 0. The van der Waals surface area contributed by atoms with Crippen molar-refractivity contribution in [1.29, 1.82) is 0 Å². The lowest BCUT2D eigenvalue weighted by atomic mass is 10.0. The molecule has 0 bridgehead atoms. The van der Waals surface area contributed by atoms with Gasteiger partial charge in [0.25, 0.3) is 0 Å². The highest BCUT2D eigenvalue weighted by Gasteiger charge is 2.41. The van der Waals surface area contributed by atoms with Gasteiger partial charge in [-0.1, -0.05) is 13.8 Å². The van der Waals surface area contributed by atoms with Crippen LogP contribution >= 0.6 is 7.82 Å². The molecule has 1 fully saturated rings. The highest BCUT2D eigenvalue weighted by atomic mass is 31.2. The number of aromatic nitrogens is 2. The van der Waals surface area contributed by atoms with Crippen LogP contribution in [-0.2, 0) is 49.1 Å². The molecule has 1 aliphatic rings. The lowest BCUT2D eigenvalue weighted by Gasteiger charge is -2.28. The lowest BCUT2D eigenvalue weighted by Crippen LogP contribution is -2.61. The zero-order chi connectivity index (χ0) is 36.3. The van der Waals surface area contributed by atoms with Gasteiger partial charge >= 0.3 is 7.82 Å². The van der Waals surface area contributed by atoms with E-state index < -0.39 is 92.3 Å². The monoisotopic (exact) mass is 705 g/mol. The van der Waals surface area contributed by atoms with E-state index in [0.717, 1.165) is 6.92 Å². The van der Waals surface area contributed by atoms with Gasteiger partial charge in [0, 0.05) is 38.2 Å². The second-order valence-electron chi connectivity index (χ2n) is 11.6. The number of H-pyrrole nitrogens is 1. The summed E-state index contributed by atoms with van der Waals surface area (Å²) in [7, 11) is -5.09. The molecule has 0 aromatic carbocycles. The SMILES string of the molecule is CC(=O)N1C[C@H](ON)C[C@H]1C(=O)N[C@@H](CC(C)C)C(=O)N[C@@H](Cc1cnc[nH]1)C(=O)N[C@@H](CO)C(=O)N[C@H](C(N)=O)[C@@H](C)OP(=O)(O)O. The van der Waals surface area contributed by atoms with Crippen LogP contribution in [0.1, 0.15) is 46.2 Å². The Bertz CT molecular complexity index is 1340. The van der Waals surface area contributed by atoms with Crippen LogP contribution in [0.3, 0.4) is 0 Å². The molecule has 6 amide bonds. The van der Waals surface area contributed by atoms with E-state index in [2.05, 4.69) is 35.8 Å². The third-order valence-corrected chi connectivity index (χ3v) is 7.91. The van der Waals surface area contributed by atoms with E-state index in [4.69, 9.17) is 26.3 Å². The molecular weight excluding hydrogens is 661 g/mol. The van der Waals surface area contributed by atoms with E-state index in [9.17, 15) is 38.4 Å². The number of rotatable bonds is 18. The smallest absolute Gasteiger partial charge is 0.394 e. The van der Waals surface area contributed by atoms with Crippen molar-refractivity contribution >= 4 is 43.3 Å². The predicted octanol–water partition coefficient (Wildman–Crippen LogP) is -4.21. The number of carbonyl (C=O) groups is 6. The van der Waals surface area contributed by atoms with Gasteiger partial charge in [-0.05, 0) is 19.3 Å². The van der Waals surface area contributed by atoms with Gasteiger partial charge in [0.2, 0.25) is 35.4 Å². The Morgan fingerprint density at radius 3 is 2.15 bits per heavy atom. The zero-order valence-electron chi connectivity index (χ0n) is 26.8. The predicted molar refractivity (Wildman–Crippen MR) is 163 cm³/mol. The van der Waals surface area contributed by atoms with Gasteiger partial charge in [-0.15, -0.1) is 0 Å². The molecule has 48 heavy (non-hydrogen) atoms. The van der Waals surface area contributed by atoms with Crippen LogP contribution in [0.2, 0.25) is 0 Å². The first-order valence-electron chi connectivity index (χ1n) is 14.8. The van der Waals surface area contributed by atoms with Crippen molar-refractivity contribution < 1.29 is 57.6 Å². The minimum absolute atomic E-state index is 0.0762. The number of hydrogen-bond acceptors (Lipinski definition) is 12. The summed E-state index contributed by atoms with van der Waals surface area (Å²) in [5.41, 5.74) is 5.63. The molecule has 7 atom stereocenters. The van der Waals surface area contributed by atoms with Gasteiger partial charge in [-0.25, -0.2) is 15.4 Å². The van der Waals surface area contributed by atoms with Crippen molar-refractivity contribution in [2.45, 2.75) is 89.4 Å². The molecule has 1 aromatic heterocycles. The van der Waals surface area contributed by atoms with Crippen molar-refractivity contribution in [2.75, 3.05) is 13.2 Å². The van der Waals surface area contributed by atoms with Crippen LogP contribution in [-0.4, -0.2) is 121 Å². The Morgan fingerprint density at radius 1 is 1.04 bits per heavy atom. The Labute approximate surface area is 275 Å². The molecule has 270 valence electrons. The average Bonchev–Trinajstić information content (AvgIpc) is 3.66. The fourth-order valence-electron chi connectivity index (χ4n) is 4.98. The standard InChI is InChI=1S/C26H44N9O12P/c1-12(2)5-17(32-26(42)20-7-16(46-28)9-35(20)14(4)37)23(39)31-18(6-15-8-29-11-30-15)24(40)33-19(10-36)25(41)34-21(22(27)38)13(3)47-48(43,44)45/h8,11-13,16-21,36H,5-7,9-10,28H2,1-4H3,(H2,27,38)(H,29,30)(H,31,39)(H,32,42)(H,33,40)(H,34,41)(H2,43,44,45)/t13-,16-,17+,18+,19+,20+,21+/m1/s1. The van der Waals surface area contributed by atoms with Crippen molar-refractivity contribution in [2.24, 2.45) is 17.5 Å². The maximum atomic E-state index is 13.6. The molecule has 22 heteroatoms. The Kier molecular flexibility index (Phi) is 15.0. The summed E-state index contributed by atoms with van der Waals surface area (Å²) in [6.45, 7) is 5.00. The first-order valence-corrected chi connectivity index (χ1v) is 16.3. The summed E-state index contributed by atoms with van der Waals surface area (Å²) in [6.07, 6.45) is 0.530. The topological polar surface area (TPSA) is 331 Å². The molecule has 2 rings (SSSR count). The second kappa shape index (κ2) is 18.0. The Morgan fingerprint density at radius 2 is 1.65 bits per heavy atom.